The number of hydrogen-bond acceptors (Lipinski definition) is 5. The zero-order valence-electron chi connectivity index (χ0n) is 14.4. The van der Waals surface area contributed by atoms with E-state index in [9.17, 15) is 26.4 Å². The molecule has 0 spiro atoms. The molecule has 27 heavy (non-hydrogen) atoms. The molecule has 0 radical (unpaired) electrons. The molecule has 0 aromatic heterocycles. The first-order chi connectivity index (χ1) is 12.0. The van der Waals surface area contributed by atoms with Crippen LogP contribution in [0.2, 0.25) is 0 Å². The number of rotatable bonds is 6. The average Bonchev–Trinajstić information content (AvgIpc) is 2.93. The number of halogens is 4. The van der Waals surface area contributed by atoms with E-state index in [1.807, 2.05) is 6.92 Å². The molecule has 7 nitrogen and oxygen atoms in total. The van der Waals surface area contributed by atoms with Gasteiger partial charge in [-0.25, -0.2) is 13.1 Å². The summed E-state index contributed by atoms with van der Waals surface area (Å²) in [5, 5.41) is 0. The van der Waals surface area contributed by atoms with Crippen molar-refractivity contribution < 1.29 is 31.1 Å². The topological polar surface area (TPSA) is 102 Å². The highest BCUT2D eigenvalue weighted by Crippen LogP contribution is 2.24. The monoisotopic (exact) mass is 431 g/mol. The molecule has 0 bridgehead atoms. The largest absolute Gasteiger partial charge is 0.573 e. The first-order valence-electron chi connectivity index (χ1n) is 7.87. The van der Waals surface area contributed by atoms with Crippen LogP contribution in [0.1, 0.15) is 13.3 Å². The van der Waals surface area contributed by atoms with E-state index in [0.717, 1.165) is 30.7 Å². The summed E-state index contributed by atoms with van der Waals surface area (Å²) in [4.78, 5) is 13.5. The number of ether oxygens (including phenoxy) is 1. The number of nitrogens with zero attached hydrogens (tertiary/aromatic N) is 1. The van der Waals surface area contributed by atoms with Crippen LogP contribution in [0.4, 0.5) is 13.2 Å². The van der Waals surface area contributed by atoms with Gasteiger partial charge in [0.25, 0.3) is 0 Å². The summed E-state index contributed by atoms with van der Waals surface area (Å²) in [6, 6.07) is 3.68. The lowest BCUT2D eigenvalue weighted by atomic mass is 10.1. The second kappa shape index (κ2) is 9.09. The van der Waals surface area contributed by atoms with Crippen LogP contribution in [0.15, 0.2) is 29.2 Å². The first kappa shape index (κ1) is 23.5. The molecule has 12 heteroatoms. The highest BCUT2D eigenvalue weighted by atomic mass is 35.5. The van der Waals surface area contributed by atoms with Crippen molar-refractivity contribution in [2.75, 3.05) is 19.6 Å². The van der Waals surface area contributed by atoms with Crippen LogP contribution in [0.5, 0.6) is 5.75 Å². The summed E-state index contributed by atoms with van der Waals surface area (Å²) < 4.78 is 66.6. The number of hydrogen-bond donors (Lipinski definition) is 2. The SMILES string of the molecule is CC1CC(CN)CN1C(=O)CNS(=O)(=O)c1ccc(OC(F)(F)F)cc1.Cl. The molecule has 1 fully saturated rings. The van der Waals surface area contributed by atoms with E-state index in [2.05, 4.69) is 9.46 Å². The van der Waals surface area contributed by atoms with Gasteiger partial charge in [0.2, 0.25) is 15.9 Å². The van der Waals surface area contributed by atoms with Gasteiger partial charge in [0.1, 0.15) is 5.75 Å². The van der Waals surface area contributed by atoms with Crippen molar-refractivity contribution in [2.24, 2.45) is 11.7 Å². The van der Waals surface area contributed by atoms with Crippen LogP contribution in [0.25, 0.3) is 0 Å². The van der Waals surface area contributed by atoms with Crippen molar-refractivity contribution in [3.05, 3.63) is 24.3 Å². The van der Waals surface area contributed by atoms with Crippen LogP contribution in [0, 0.1) is 5.92 Å². The lowest BCUT2D eigenvalue weighted by Gasteiger charge is -2.21. The fraction of sp³-hybridized carbons (Fsp3) is 0.533. The van der Waals surface area contributed by atoms with E-state index in [0.29, 0.717) is 13.1 Å². The third-order valence-corrected chi connectivity index (χ3v) is 5.51. The second-order valence-electron chi connectivity index (χ2n) is 6.08. The summed E-state index contributed by atoms with van der Waals surface area (Å²) in [6.45, 7) is 2.35. The molecule has 3 N–H and O–H groups in total. The predicted octanol–water partition coefficient (Wildman–Crippen LogP) is 1.48. The molecule has 2 rings (SSSR count). The molecular formula is C15H21ClF3N3O4S. The Morgan fingerprint density at radius 1 is 1.33 bits per heavy atom. The smallest absolute Gasteiger partial charge is 0.406 e. The van der Waals surface area contributed by atoms with E-state index in [1.165, 1.54) is 0 Å². The van der Waals surface area contributed by atoms with Gasteiger partial charge in [-0.1, -0.05) is 0 Å². The van der Waals surface area contributed by atoms with Crippen molar-refractivity contribution in [1.82, 2.24) is 9.62 Å². The Morgan fingerprint density at radius 2 is 1.93 bits per heavy atom. The highest BCUT2D eigenvalue weighted by molar-refractivity contribution is 7.89. The Morgan fingerprint density at radius 3 is 2.41 bits per heavy atom. The molecule has 1 aliphatic heterocycles. The summed E-state index contributed by atoms with van der Waals surface area (Å²) in [5.41, 5.74) is 5.60. The van der Waals surface area contributed by atoms with E-state index in [1.54, 1.807) is 4.90 Å². The molecule has 1 aromatic carbocycles. The summed E-state index contributed by atoms with van der Waals surface area (Å²) in [7, 11) is -4.04. The maximum absolute atomic E-state index is 12.2. The van der Waals surface area contributed by atoms with Crippen LogP contribution in [0.3, 0.4) is 0 Å². The maximum atomic E-state index is 12.2. The molecule has 0 saturated carbocycles. The minimum Gasteiger partial charge on any atom is -0.406 e. The lowest BCUT2D eigenvalue weighted by Crippen LogP contribution is -2.42. The molecule has 1 aromatic rings. The van der Waals surface area contributed by atoms with Crippen molar-refractivity contribution in [2.45, 2.75) is 30.6 Å². The van der Waals surface area contributed by atoms with Crippen LogP contribution >= 0.6 is 12.4 Å². The lowest BCUT2D eigenvalue weighted by molar-refractivity contribution is -0.274. The molecule has 2 atom stereocenters. The van der Waals surface area contributed by atoms with Crippen molar-refractivity contribution >= 4 is 28.3 Å². The summed E-state index contributed by atoms with van der Waals surface area (Å²) in [6.07, 6.45) is -4.10. The van der Waals surface area contributed by atoms with Gasteiger partial charge in [-0.2, -0.15) is 0 Å². The number of likely N-dealkylation sites (tertiary alicyclic amines) is 1. The second-order valence-corrected chi connectivity index (χ2v) is 7.84. The van der Waals surface area contributed by atoms with Crippen LogP contribution in [-0.2, 0) is 14.8 Å². The van der Waals surface area contributed by atoms with E-state index in [-0.39, 0.29) is 35.2 Å². The van der Waals surface area contributed by atoms with Gasteiger partial charge in [-0.15, -0.1) is 25.6 Å². The fourth-order valence-electron chi connectivity index (χ4n) is 2.82. The zero-order chi connectivity index (χ0) is 19.5. The minimum atomic E-state index is -4.86. The fourth-order valence-corrected chi connectivity index (χ4v) is 3.80. The number of amides is 1. The third-order valence-electron chi connectivity index (χ3n) is 4.10. The number of carbonyl (C=O) groups is 1. The molecule has 1 aliphatic rings. The molecule has 1 heterocycles. The number of nitrogens with one attached hydrogen (secondary N) is 1. The number of nitrogens with two attached hydrogens (primary N) is 1. The first-order valence-corrected chi connectivity index (χ1v) is 9.35. The molecule has 1 amide bonds. The highest BCUT2D eigenvalue weighted by Gasteiger charge is 2.32. The van der Waals surface area contributed by atoms with Crippen molar-refractivity contribution in [3.8, 4) is 5.75 Å². The van der Waals surface area contributed by atoms with Gasteiger partial charge >= 0.3 is 6.36 Å². The van der Waals surface area contributed by atoms with Gasteiger partial charge in [-0.3, -0.25) is 4.79 Å². The molecule has 1 saturated heterocycles. The maximum Gasteiger partial charge on any atom is 0.573 e. The zero-order valence-corrected chi connectivity index (χ0v) is 16.0. The normalized spacial score (nSPS) is 20.3. The summed E-state index contributed by atoms with van der Waals surface area (Å²) in [5.74, 6) is -0.730. The third kappa shape index (κ3) is 6.52. The van der Waals surface area contributed by atoms with E-state index >= 15 is 0 Å². The van der Waals surface area contributed by atoms with Crippen molar-refractivity contribution in [1.29, 1.82) is 0 Å². The van der Waals surface area contributed by atoms with E-state index < -0.39 is 28.7 Å². The molecule has 0 aliphatic carbocycles. The van der Waals surface area contributed by atoms with Gasteiger partial charge in [0.15, 0.2) is 0 Å². The molecular weight excluding hydrogens is 411 g/mol. The van der Waals surface area contributed by atoms with Crippen LogP contribution in [-0.4, -0.2) is 51.3 Å². The van der Waals surface area contributed by atoms with Gasteiger partial charge in [-0.05, 0) is 50.1 Å². The van der Waals surface area contributed by atoms with Crippen molar-refractivity contribution in [3.63, 3.8) is 0 Å². The van der Waals surface area contributed by atoms with Gasteiger partial charge in [0.05, 0.1) is 11.4 Å². The van der Waals surface area contributed by atoms with Gasteiger partial charge in [0, 0.05) is 12.6 Å². The molecule has 2 unspecified atom stereocenters. The Kier molecular flexibility index (Phi) is 7.90. The number of carbonyl (C=O) groups excluding carboxylic acids is 1. The van der Waals surface area contributed by atoms with Gasteiger partial charge < -0.3 is 15.4 Å². The minimum absolute atomic E-state index is 0. The Labute approximate surface area is 161 Å². The predicted molar refractivity (Wildman–Crippen MR) is 93.9 cm³/mol. The quantitative estimate of drug-likeness (QED) is 0.710. The Balaban J connectivity index is 0.00000364. The standard InChI is InChI=1S/C15H20F3N3O4S.ClH/c1-10-6-11(7-19)9-21(10)14(22)8-20-26(23,24)13-4-2-12(3-5-13)25-15(16,17)18;/h2-5,10-11,20H,6-9,19H2,1H3;1H. The average molecular weight is 432 g/mol. The number of benzene rings is 1. The summed E-state index contributed by atoms with van der Waals surface area (Å²) >= 11 is 0. The van der Waals surface area contributed by atoms with Crippen LogP contribution < -0.4 is 15.2 Å². The Hall–Kier alpha value is -1.56. The Bertz CT molecular complexity index is 744. The van der Waals surface area contributed by atoms with E-state index in [4.69, 9.17) is 5.73 Å². The molecule has 154 valence electrons. The number of sulfonamides is 1. The number of alkyl halides is 3.